The van der Waals surface area contributed by atoms with E-state index in [1.54, 1.807) is 7.11 Å². The first-order valence-electron chi connectivity index (χ1n) is 5.56. The minimum absolute atomic E-state index is 0.656. The summed E-state index contributed by atoms with van der Waals surface area (Å²) in [6.45, 7) is 3.18. The van der Waals surface area contributed by atoms with Gasteiger partial charge in [-0.2, -0.15) is 0 Å². The molecule has 0 atom stereocenters. The van der Waals surface area contributed by atoms with E-state index in [9.17, 15) is 4.79 Å². The van der Waals surface area contributed by atoms with Crippen molar-refractivity contribution in [3.63, 3.8) is 0 Å². The number of rotatable bonds is 4. The second kappa shape index (κ2) is 5.54. The lowest BCUT2D eigenvalue weighted by atomic mass is 10.2. The second-order valence-electron chi connectivity index (χ2n) is 3.75. The highest BCUT2D eigenvalue weighted by Crippen LogP contribution is 2.31. The number of nitrogens with zero attached hydrogens (tertiary/aromatic N) is 1. The lowest BCUT2D eigenvalue weighted by molar-refractivity contribution is -0.105. The minimum atomic E-state index is 0.656. The molecule has 17 heavy (non-hydrogen) atoms. The van der Waals surface area contributed by atoms with Crippen molar-refractivity contribution in [1.82, 2.24) is 0 Å². The normalized spacial score (nSPS) is 15.5. The van der Waals surface area contributed by atoms with Crippen LogP contribution in [0.3, 0.4) is 0 Å². The van der Waals surface area contributed by atoms with E-state index in [4.69, 9.17) is 9.47 Å². The molecule has 0 saturated carbocycles. The Hall–Kier alpha value is -1.75. The maximum atomic E-state index is 10.4. The summed E-state index contributed by atoms with van der Waals surface area (Å²) in [4.78, 5) is 12.6. The third kappa shape index (κ3) is 2.68. The summed E-state index contributed by atoms with van der Waals surface area (Å²) >= 11 is 0. The van der Waals surface area contributed by atoms with Gasteiger partial charge in [0.05, 0.1) is 26.0 Å². The largest absolute Gasteiger partial charge is 0.495 e. The second-order valence-corrected chi connectivity index (χ2v) is 3.75. The summed E-state index contributed by atoms with van der Waals surface area (Å²) in [6.07, 6.45) is 0.656. The molecule has 92 valence electrons. The number of hydrogen-bond acceptors (Lipinski definition) is 4. The molecule has 5 heteroatoms. The van der Waals surface area contributed by atoms with Gasteiger partial charge in [-0.1, -0.05) is 0 Å². The van der Waals surface area contributed by atoms with Crippen molar-refractivity contribution >= 4 is 17.8 Å². The van der Waals surface area contributed by atoms with Crippen molar-refractivity contribution in [1.29, 1.82) is 0 Å². The van der Waals surface area contributed by atoms with Gasteiger partial charge in [0.25, 0.3) is 0 Å². The van der Waals surface area contributed by atoms with E-state index in [2.05, 4.69) is 10.2 Å². The van der Waals surface area contributed by atoms with Crippen LogP contribution in [0.2, 0.25) is 0 Å². The average molecular weight is 236 g/mol. The topological polar surface area (TPSA) is 50.8 Å². The third-order valence-corrected chi connectivity index (χ3v) is 2.76. The Morgan fingerprint density at radius 3 is 2.82 bits per heavy atom. The number of morpholine rings is 1. The van der Waals surface area contributed by atoms with Gasteiger partial charge in [-0.3, -0.25) is 4.79 Å². The molecule has 1 saturated heterocycles. The Balaban J connectivity index is 2.23. The van der Waals surface area contributed by atoms with Gasteiger partial charge in [-0.15, -0.1) is 0 Å². The number of nitrogens with one attached hydrogen (secondary N) is 1. The van der Waals surface area contributed by atoms with Gasteiger partial charge < -0.3 is 19.7 Å². The van der Waals surface area contributed by atoms with Gasteiger partial charge in [-0.25, -0.2) is 0 Å². The van der Waals surface area contributed by atoms with Gasteiger partial charge in [-0.05, 0) is 12.1 Å². The summed E-state index contributed by atoms with van der Waals surface area (Å²) in [5, 5.41) is 2.61. The van der Waals surface area contributed by atoms with E-state index in [0.717, 1.165) is 43.4 Å². The quantitative estimate of drug-likeness (QED) is 0.795. The van der Waals surface area contributed by atoms with Crippen LogP contribution in [-0.4, -0.2) is 39.8 Å². The van der Waals surface area contributed by atoms with Crippen LogP contribution in [0.4, 0.5) is 11.4 Å². The molecule has 1 heterocycles. The van der Waals surface area contributed by atoms with E-state index < -0.39 is 0 Å². The Labute approximate surface area is 100 Å². The first-order valence-corrected chi connectivity index (χ1v) is 5.56. The Morgan fingerprint density at radius 1 is 1.41 bits per heavy atom. The average Bonchev–Trinajstić information content (AvgIpc) is 2.40. The van der Waals surface area contributed by atoms with E-state index in [-0.39, 0.29) is 0 Å². The number of amides is 1. The van der Waals surface area contributed by atoms with Crippen molar-refractivity contribution in [3.8, 4) is 5.75 Å². The van der Waals surface area contributed by atoms with Crippen LogP contribution >= 0.6 is 0 Å². The van der Waals surface area contributed by atoms with Gasteiger partial charge in [0.1, 0.15) is 5.75 Å². The van der Waals surface area contributed by atoms with Crippen molar-refractivity contribution < 1.29 is 14.3 Å². The molecule has 0 aromatic heterocycles. The van der Waals surface area contributed by atoms with Crippen molar-refractivity contribution in [2.75, 3.05) is 43.6 Å². The number of anilines is 2. The number of methoxy groups -OCH3 is 1. The third-order valence-electron chi connectivity index (χ3n) is 2.76. The number of hydrogen-bond donors (Lipinski definition) is 1. The molecule has 0 spiro atoms. The fraction of sp³-hybridized carbons (Fsp3) is 0.417. The van der Waals surface area contributed by atoms with E-state index in [0.29, 0.717) is 6.41 Å². The fourth-order valence-corrected chi connectivity index (χ4v) is 1.90. The van der Waals surface area contributed by atoms with Crippen molar-refractivity contribution in [2.45, 2.75) is 0 Å². The molecule has 0 radical (unpaired) electrons. The molecule has 1 aliphatic rings. The zero-order chi connectivity index (χ0) is 12.1. The number of carbonyl (C=O) groups excluding carboxylic acids is 1. The predicted molar refractivity (Wildman–Crippen MR) is 65.7 cm³/mol. The predicted octanol–water partition coefficient (Wildman–Crippen LogP) is 1.10. The Morgan fingerprint density at radius 2 is 2.18 bits per heavy atom. The molecule has 1 amide bonds. The van der Waals surface area contributed by atoms with E-state index >= 15 is 0 Å². The minimum Gasteiger partial charge on any atom is -0.495 e. The monoisotopic (exact) mass is 236 g/mol. The molecule has 1 aliphatic heterocycles. The summed E-state index contributed by atoms with van der Waals surface area (Å²) in [5.41, 5.74) is 1.76. The fourth-order valence-electron chi connectivity index (χ4n) is 1.90. The van der Waals surface area contributed by atoms with Crippen LogP contribution in [0.1, 0.15) is 0 Å². The number of ether oxygens (including phenoxy) is 2. The van der Waals surface area contributed by atoms with Crippen LogP contribution in [0, 0.1) is 0 Å². The molecule has 0 bridgehead atoms. The number of benzene rings is 1. The maximum Gasteiger partial charge on any atom is 0.211 e. The first kappa shape index (κ1) is 11.7. The molecule has 0 unspecified atom stereocenters. The highest BCUT2D eigenvalue weighted by molar-refractivity contribution is 5.75. The van der Waals surface area contributed by atoms with Crippen LogP contribution in [0.5, 0.6) is 5.75 Å². The Kier molecular flexibility index (Phi) is 3.82. The van der Waals surface area contributed by atoms with Gasteiger partial charge >= 0.3 is 0 Å². The van der Waals surface area contributed by atoms with E-state index in [1.807, 2.05) is 18.2 Å². The zero-order valence-corrected chi connectivity index (χ0v) is 9.81. The van der Waals surface area contributed by atoms with Crippen LogP contribution in [0.25, 0.3) is 0 Å². The lowest BCUT2D eigenvalue weighted by Crippen LogP contribution is -2.36. The van der Waals surface area contributed by atoms with Crippen molar-refractivity contribution in [2.24, 2.45) is 0 Å². The lowest BCUT2D eigenvalue weighted by Gasteiger charge is -2.30. The molecule has 0 aliphatic carbocycles. The zero-order valence-electron chi connectivity index (χ0n) is 9.81. The van der Waals surface area contributed by atoms with Gasteiger partial charge in [0.15, 0.2) is 0 Å². The Bertz CT molecular complexity index is 389. The SMILES string of the molecule is COc1cc(NC=O)ccc1N1CCOCC1. The summed E-state index contributed by atoms with van der Waals surface area (Å²) < 4.78 is 10.7. The summed E-state index contributed by atoms with van der Waals surface area (Å²) in [7, 11) is 1.63. The first-order chi connectivity index (χ1) is 8.35. The molecule has 5 nitrogen and oxygen atoms in total. The summed E-state index contributed by atoms with van der Waals surface area (Å²) in [5.74, 6) is 0.763. The highest BCUT2D eigenvalue weighted by Gasteiger charge is 2.15. The summed E-state index contributed by atoms with van der Waals surface area (Å²) in [6, 6.07) is 5.64. The van der Waals surface area contributed by atoms with E-state index in [1.165, 1.54) is 0 Å². The molecule has 1 fully saturated rings. The van der Waals surface area contributed by atoms with Crippen LogP contribution in [0.15, 0.2) is 18.2 Å². The molecule has 2 rings (SSSR count). The smallest absolute Gasteiger partial charge is 0.211 e. The van der Waals surface area contributed by atoms with Gasteiger partial charge in [0, 0.05) is 24.8 Å². The molecular weight excluding hydrogens is 220 g/mol. The standard InChI is InChI=1S/C12H16N2O3/c1-16-12-8-10(13-9-15)2-3-11(12)14-4-6-17-7-5-14/h2-3,8-9H,4-7H2,1H3,(H,13,15). The molecule has 1 N–H and O–H groups in total. The van der Waals surface area contributed by atoms with Crippen LogP contribution in [-0.2, 0) is 9.53 Å². The van der Waals surface area contributed by atoms with Crippen LogP contribution < -0.4 is 15.0 Å². The number of carbonyl (C=O) groups is 1. The highest BCUT2D eigenvalue weighted by atomic mass is 16.5. The van der Waals surface area contributed by atoms with Gasteiger partial charge in [0.2, 0.25) is 6.41 Å². The molecule has 1 aromatic rings. The molecular formula is C12H16N2O3. The molecule has 1 aromatic carbocycles. The maximum absolute atomic E-state index is 10.4. The van der Waals surface area contributed by atoms with Crippen molar-refractivity contribution in [3.05, 3.63) is 18.2 Å².